The maximum Gasteiger partial charge on any atom is 0.328 e. The lowest BCUT2D eigenvalue weighted by Gasteiger charge is -2.31. The number of nitrogens with one attached hydrogen (secondary N) is 2. The molecule has 1 saturated heterocycles. The van der Waals surface area contributed by atoms with Gasteiger partial charge in [0.1, 0.15) is 5.75 Å². The van der Waals surface area contributed by atoms with E-state index in [4.69, 9.17) is 4.74 Å². The van der Waals surface area contributed by atoms with Gasteiger partial charge in [0.2, 0.25) is 0 Å². The lowest BCUT2D eigenvalue weighted by atomic mass is 9.73. The van der Waals surface area contributed by atoms with Crippen molar-refractivity contribution in [2.24, 2.45) is 5.92 Å². The highest BCUT2D eigenvalue weighted by Gasteiger charge is 2.41. The Bertz CT molecular complexity index is 1170. The van der Waals surface area contributed by atoms with Crippen molar-refractivity contribution in [3.63, 3.8) is 0 Å². The fourth-order valence-electron chi connectivity index (χ4n) is 5.29. The molecule has 29 heavy (non-hydrogen) atoms. The molecule has 0 radical (unpaired) electrons. The maximum absolute atomic E-state index is 12.8. The predicted molar refractivity (Wildman–Crippen MR) is 113 cm³/mol. The molecule has 1 unspecified atom stereocenters. The minimum atomic E-state index is -0.334. The van der Waals surface area contributed by atoms with Gasteiger partial charge >= 0.3 is 5.69 Å². The maximum atomic E-state index is 12.8. The van der Waals surface area contributed by atoms with Crippen LogP contribution in [0.2, 0.25) is 0 Å². The van der Waals surface area contributed by atoms with Crippen LogP contribution in [0.1, 0.15) is 29.9 Å². The summed E-state index contributed by atoms with van der Waals surface area (Å²) in [6.45, 7) is 1.32. The van der Waals surface area contributed by atoms with Crippen LogP contribution in [0.15, 0.2) is 52.1 Å². The number of benzene rings is 2. The Balaban J connectivity index is 1.39. The summed E-state index contributed by atoms with van der Waals surface area (Å²) in [5.41, 5.74) is 2.76. The lowest BCUT2D eigenvalue weighted by molar-refractivity contribution is 0.334. The van der Waals surface area contributed by atoms with Crippen molar-refractivity contribution >= 4 is 10.9 Å². The van der Waals surface area contributed by atoms with Crippen LogP contribution in [-0.4, -0.2) is 29.2 Å². The van der Waals surface area contributed by atoms with E-state index in [0.29, 0.717) is 29.3 Å². The average Bonchev–Trinajstić information content (AvgIpc) is 3.16. The third kappa shape index (κ3) is 2.99. The molecular formula is C23H25N3O3. The molecule has 6 nitrogen and oxygen atoms in total. The normalized spacial score (nSPS) is 23.0. The topological polar surface area (TPSA) is 76.1 Å². The molecule has 2 heterocycles. The third-order valence-corrected chi connectivity index (χ3v) is 6.68. The van der Waals surface area contributed by atoms with Crippen LogP contribution >= 0.6 is 0 Å². The van der Waals surface area contributed by atoms with Gasteiger partial charge in [-0.05, 0) is 48.9 Å². The Morgan fingerprint density at radius 2 is 2.00 bits per heavy atom. The average molecular weight is 391 g/mol. The van der Waals surface area contributed by atoms with Gasteiger partial charge in [-0.2, -0.15) is 0 Å². The van der Waals surface area contributed by atoms with E-state index in [1.807, 2.05) is 18.2 Å². The van der Waals surface area contributed by atoms with Crippen LogP contribution in [0.3, 0.4) is 0 Å². The summed E-state index contributed by atoms with van der Waals surface area (Å²) < 4.78 is 6.98. The van der Waals surface area contributed by atoms with Crippen LogP contribution in [0.5, 0.6) is 5.75 Å². The Kier molecular flexibility index (Phi) is 4.51. The first-order valence-corrected chi connectivity index (χ1v) is 10.3. The summed E-state index contributed by atoms with van der Waals surface area (Å²) in [6, 6.07) is 13.8. The van der Waals surface area contributed by atoms with Crippen LogP contribution in [0, 0.1) is 5.92 Å². The molecule has 3 aromatic rings. The molecule has 6 heteroatoms. The van der Waals surface area contributed by atoms with Crippen molar-refractivity contribution in [3.05, 3.63) is 74.4 Å². The second-order valence-electron chi connectivity index (χ2n) is 8.08. The molecule has 1 aromatic heterocycles. The molecule has 3 atom stereocenters. The van der Waals surface area contributed by atoms with Crippen molar-refractivity contribution in [2.75, 3.05) is 13.7 Å². The van der Waals surface area contributed by atoms with E-state index >= 15 is 0 Å². The number of aryl methyl sites for hydroxylation is 1. The van der Waals surface area contributed by atoms with E-state index in [1.165, 1.54) is 15.7 Å². The number of hydrogen-bond donors (Lipinski definition) is 2. The number of H-pyrrole nitrogens is 1. The quantitative estimate of drug-likeness (QED) is 0.716. The molecule has 1 aliphatic carbocycles. The standard InChI is InChI=1S/C23H25N3O3/c1-29-20-8-4-5-14-9-10-15-17(21(14)20)13-24-18(15)11-12-26-22(27)16-6-2-3-7-19(16)25-23(26)28/h2-8,15,17-18,24H,9-13H2,1H3,(H,25,28)/t15-,17+,18?/m0/s1. The third-order valence-electron chi connectivity index (χ3n) is 6.68. The molecule has 0 bridgehead atoms. The molecule has 5 rings (SSSR count). The highest BCUT2D eigenvalue weighted by atomic mass is 16.5. The monoisotopic (exact) mass is 391 g/mol. The Labute approximate surface area is 168 Å². The van der Waals surface area contributed by atoms with Gasteiger partial charge in [-0.25, -0.2) is 4.79 Å². The van der Waals surface area contributed by atoms with E-state index in [0.717, 1.165) is 31.6 Å². The first-order chi connectivity index (χ1) is 14.2. The lowest BCUT2D eigenvalue weighted by Crippen LogP contribution is -2.38. The molecule has 1 aliphatic heterocycles. The number of fused-ring (bicyclic) bond motifs is 4. The van der Waals surface area contributed by atoms with Gasteiger partial charge in [-0.15, -0.1) is 0 Å². The molecular weight excluding hydrogens is 366 g/mol. The van der Waals surface area contributed by atoms with E-state index < -0.39 is 0 Å². The summed E-state index contributed by atoms with van der Waals surface area (Å²) in [4.78, 5) is 28.1. The van der Waals surface area contributed by atoms with Crippen molar-refractivity contribution in [1.29, 1.82) is 0 Å². The van der Waals surface area contributed by atoms with Crippen LogP contribution in [0.25, 0.3) is 10.9 Å². The number of aromatic amines is 1. The van der Waals surface area contributed by atoms with Gasteiger partial charge < -0.3 is 15.0 Å². The smallest absolute Gasteiger partial charge is 0.328 e. The van der Waals surface area contributed by atoms with Crippen molar-refractivity contribution in [2.45, 2.75) is 37.8 Å². The minimum absolute atomic E-state index is 0.213. The Morgan fingerprint density at radius 1 is 1.14 bits per heavy atom. The summed E-state index contributed by atoms with van der Waals surface area (Å²) >= 11 is 0. The molecule has 2 aromatic carbocycles. The SMILES string of the molecule is COc1cccc2c1[C@@H]1CNC(CCn3c(=O)[nH]c4ccccc4c3=O)[C@H]1CC2. The van der Waals surface area contributed by atoms with Crippen molar-refractivity contribution in [3.8, 4) is 5.75 Å². The van der Waals surface area contributed by atoms with Gasteiger partial charge in [-0.3, -0.25) is 9.36 Å². The largest absolute Gasteiger partial charge is 0.496 e. The summed E-state index contributed by atoms with van der Waals surface area (Å²) in [7, 11) is 1.73. The fraction of sp³-hybridized carbons (Fsp3) is 0.391. The summed E-state index contributed by atoms with van der Waals surface area (Å²) in [5.74, 6) is 1.89. The predicted octanol–water partition coefficient (Wildman–Crippen LogP) is 2.41. The van der Waals surface area contributed by atoms with Crippen molar-refractivity contribution < 1.29 is 4.74 Å². The highest BCUT2D eigenvalue weighted by molar-refractivity contribution is 5.76. The molecule has 0 spiro atoms. The molecule has 2 aliphatic rings. The Hall–Kier alpha value is -2.86. The van der Waals surface area contributed by atoms with Crippen LogP contribution in [-0.2, 0) is 13.0 Å². The fourth-order valence-corrected chi connectivity index (χ4v) is 5.29. The molecule has 1 fully saturated rings. The number of rotatable bonds is 4. The zero-order valence-electron chi connectivity index (χ0n) is 16.5. The number of para-hydroxylation sites is 1. The molecule has 2 N–H and O–H groups in total. The van der Waals surface area contributed by atoms with Gasteiger partial charge in [0, 0.05) is 30.6 Å². The van der Waals surface area contributed by atoms with E-state index in [-0.39, 0.29) is 17.3 Å². The molecule has 150 valence electrons. The number of methoxy groups -OCH3 is 1. The zero-order valence-corrected chi connectivity index (χ0v) is 16.5. The van der Waals surface area contributed by atoms with Gasteiger partial charge in [0.15, 0.2) is 0 Å². The summed E-state index contributed by atoms with van der Waals surface area (Å²) in [5, 5.41) is 4.21. The second kappa shape index (κ2) is 7.19. The number of hydrogen-bond acceptors (Lipinski definition) is 4. The summed E-state index contributed by atoms with van der Waals surface area (Å²) in [6.07, 6.45) is 2.92. The first kappa shape index (κ1) is 18.2. The zero-order chi connectivity index (χ0) is 20.0. The van der Waals surface area contributed by atoms with E-state index in [2.05, 4.69) is 22.4 Å². The van der Waals surface area contributed by atoms with Gasteiger partial charge in [0.25, 0.3) is 5.56 Å². The van der Waals surface area contributed by atoms with Gasteiger partial charge in [0.05, 0.1) is 18.0 Å². The number of nitrogens with zero attached hydrogens (tertiary/aromatic N) is 1. The second-order valence-corrected chi connectivity index (χ2v) is 8.08. The Morgan fingerprint density at radius 3 is 2.86 bits per heavy atom. The minimum Gasteiger partial charge on any atom is -0.496 e. The molecule has 0 saturated carbocycles. The van der Waals surface area contributed by atoms with Crippen molar-refractivity contribution in [1.82, 2.24) is 14.9 Å². The van der Waals surface area contributed by atoms with E-state index in [1.54, 1.807) is 19.2 Å². The van der Waals surface area contributed by atoms with Gasteiger partial charge in [-0.1, -0.05) is 24.3 Å². The molecule has 0 amide bonds. The van der Waals surface area contributed by atoms with Crippen LogP contribution in [0.4, 0.5) is 0 Å². The van der Waals surface area contributed by atoms with E-state index in [9.17, 15) is 9.59 Å². The highest BCUT2D eigenvalue weighted by Crippen LogP contribution is 2.45. The van der Waals surface area contributed by atoms with Crippen LogP contribution < -0.4 is 21.3 Å². The first-order valence-electron chi connectivity index (χ1n) is 10.3. The number of ether oxygens (including phenoxy) is 1. The number of aromatic nitrogens is 2.